The maximum Gasteiger partial charge on any atom is 0.194 e. The van der Waals surface area contributed by atoms with Gasteiger partial charge in [-0.2, -0.15) is 0 Å². The number of fused-ring (bicyclic) bond motifs is 1. The summed E-state index contributed by atoms with van der Waals surface area (Å²) >= 11 is 0. The SMILES string of the molecule is CCN1/C(=C\C=N)C(C)(Cc2ccc(F)c(F)c2F)c2cc(OC)ccc21. The summed E-state index contributed by atoms with van der Waals surface area (Å²) in [5, 5.41) is 7.54. The van der Waals surface area contributed by atoms with Crippen LogP contribution in [0.3, 0.4) is 0 Å². The van der Waals surface area contributed by atoms with Gasteiger partial charge in [0.15, 0.2) is 17.5 Å². The number of methoxy groups -OCH3 is 1. The minimum Gasteiger partial charge on any atom is -0.497 e. The Morgan fingerprint density at radius 2 is 1.89 bits per heavy atom. The van der Waals surface area contributed by atoms with Gasteiger partial charge in [-0.05, 0) is 61.7 Å². The quantitative estimate of drug-likeness (QED) is 0.591. The molecule has 0 spiro atoms. The third kappa shape index (κ3) is 2.99. The van der Waals surface area contributed by atoms with Crippen molar-refractivity contribution in [3.63, 3.8) is 0 Å². The highest BCUT2D eigenvalue weighted by Gasteiger charge is 2.44. The van der Waals surface area contributed by atoms with Crippen LogP contribution in [-0.2, 0) is 11.8 Å². The van der Waals surface area contributed by atoms with Gasteiger partial charge >= 0.3 is 0 Å². The summed E-state index contributed by atoms with van der Waals surface area (Å²) in [6.45, 7) is 4.54. The van der Waals surface area contributed by atoms with Crippen LogP contribution < -0.4 is 9.64 Å². The number of anilines is 1. The van der Waals surface area contributed by atoms with Crippen LogP contribution in [0.5, 0.6) is 5.75 Å². The fourth-order valence-electron chi connectivity index (χ4n) is 3.85. The van der Waals surface area contributed by atoms with Crippen LogP contribution >= 0.6 is 0 Å². The van der Waals surface area contributed by atoms with Crippen LogP contribution in [0.15, 0.2) is 42.1 Å². The molecule has 2 aromatic carbocycles. The third-order valence-electron chi connectivity index (χ3n) is 5.16. The van der Waals surface area contributed by atoms with Gasteiger partial charge in [0, 0.05) is 29.6 Å². The second-order valence-corrected chi connectivity index (χ2v) is 6.69. The Bertz CT molecular complexity index is 926. The van der Waals surface area contributed by atoms with Crippen molar-refractivity contribution >= 4 is 11.9 Å². The molecule has 27 heavy (non-hydrogen) atoms. The molecule has 1 aliphatic rings. The summed E-state index contributed by atoms with van der Waals surface area (Å²) in [4.78, 5) is 2.04. The number of hydrogen-bond acceptors (Lipinski definition) is 3. The number of nitrogens with zero attached hydrogens (tertiary/aromatic N) is 1. The summed E-state index contributed by atoms with van der Waals surface area (Å²) in [5.41, 5.74) is 1.96. The number of allylic oxidation sites excluding steroid dienone is 2. The van der Waals surface area contributed by atoms with E-state index in [0.717, 1.165) is 23.0 Å². The summed E-state index contributed by atoms with van der Waals surface area (Å²) in [6, 6.07) is 7.85. The van der Waals surface area contributed by atoms with Crippen molar-refractivity contribution in [3.05, 3.63) is 70.7 Å². The number of likely N-dealkylation sites (N-methyl/N-ethyl adjacent to an activating group) is 1. The van der Waals surface area contributed by atoms with E-state index >= 15 is 0 Å². The molecule has 6 heteroatoms. The average molecular weight is 374 g/mol. The number of benzene rings is 2. The molecule has 142 valence electrons. The van der Waals surface area contributed by atoms with Crippen LogP contribution in [0.2, 0.25) is 0 Å². The standard InChI is InChI=1S/C21H21F3N2O/c1-4-26-17-8-6-14(27-3)11-15(17)21(2,18(26)9-10-25)12-13-5-7-16(22)20(24)19(13)23/h5-11,25H,4,12H2,1-3H3/b18-9-,25-10?. The molecule has 1 atom stereocenters. The van der Waals surface area contributed by atoms with Gasteiger partial charge in [0.2, 0.25) is 0 Å². The van der Waals surface area contributed by atoms with Crippen LogP contribution in [0.25, 0.3) is 0 Å². The molecule has 0 radical (unpaired) electrons. The van der Waals surface area contributed by atoms with E-state index in [1.54, 1.807) is 13.2 Å². The summed E-state index contributed by atoms with van der Waals surface area (Å²) in [7, 11) is 1.56. The van der Waals surface area contributed by atoms with E-state index in [9.17, 15) is 13.2 Å². The molecule has 0 saturated heterocycles. The molecule has 1 heterocycles. The van der Waals surface area contributed by atoms with Crippen molar-refractivity contribution < 1.29 is 17.9 Å². The molecular formula is C21H21F3N2O. The van der Waals surface area contributed by atoms with Gasteiger partial charge in [0.25, 0.3) is 0 Å². The molecule has 2 aromatic rings. The normalized spacial score (nSPS) is 20.1. The van der Waals surface area contributed by atoms with E-state index < -0.39 is 22.9 Å². The van der Waals surface area contributed by atoms with Crippen molar-refractivity contribution in [1.29, 1.82) is 5.41 Å². The van der Waals surface area contributed by atoms with E-state index in [1.807, 2.05) is 36.9 Å². The molecule has 0 amide bonds. The lowest BCUT2D eigenvalue weighted by Crippen LogP contribution is -2.31. The van der Waals surface area contributed by atoms with E-state index in [4.69, 9.17) is 10.1 Å². The Balaban J connectivity index is 2.20. The number of nitrogens with one attached hydrogen (secondary N) is 1. The fraction of sp³-hybridized carbons (Fsp3) is 0.286. The van der Waals surface area contributed by atoms with Crippen molar-refractivity contribution in [1.82, 2.24) is 0 Å². The van der Waals surface area contributed by atoms with E-state index in [2.05, 4.69) is 0 Å². The number of rotatable bonds is 5. The molecule has 0 bridgehead atoms. The van der Waals surface area contributed by atoms with Crippen molar-refractivity contribution in [2.45, 2.75) is 25.7 Å². The molecular weight excluding hydrogens is 353 g/mol. The lowest BCUT2D eigenvalue weighted by atomic mass is 9.76. The van der Waals surface area contributed by atoms with Crippen LogP contribution in [0.1, 0.15) is 25.0 Å². The van der Waals surface area contributed by atoms with E-state index in [-0.39, 0.29) is 12.0 Å². The Hall–Kier alpha value is -2.76. The zero-order valence-corrected chi connectivity index (χ0v) is 15.4. The van der Waals surface area contributed by atoms with Crippen molar-refractivity contribution in [2.24, 2.45) is 0 Å². The average Bonchev–Trinajstić information content (AvgIpc) is 2.90. The zero-order chi connectivity index (χ0) is 19.8. The molecule has 0 aliphatic carbocycles. The lowest BCUT2D eigenvalue weighted by Gasteiger charge is -2.30. The number of halogens is 3. The fourth-order valence-corrected chi connectivity index (χ4v) is 3.85. The Morgan fingerprint density at radius 3 is 2.52 bits per heavy atom. The first-order chi connectivity index (χ1) is 12.9. The number of hydrogen-bond donors (Lipinski definition) is 1. The zero-order valence-electron chi connectivity index (χ0n) is 15.4. The molecule has 0 fully saturated rings. The largest absolute Gasteiger partial charge is 0.497 e. The van der Waals surface area contributed by atoms with E-state index in [1.165, 1.54) is 12.3 Å². The summed E-state index contributed by atoms with van der Waals surface area (Å²) in [5.74, 6) is -3.20. The molecule has 1 unspecified atom stereocenters. The first-order valence-electron chi connectivity index (χ1n) is 8.67. The first kappa shape index (κ1) is 19.0. The number of ether oxygens (including phenoxy) is 1. The highest BCUT2D eigenvalue weighted by Crippen LogP contribution is 2.50. The smallest absolute Gasteiger partial charge is 0.194 e. The second-order valence-electron chi connectivity index (χ2n) is 6.69. The lowest BCUT2D eigenvalue weighted by molar-refractivity contribution is 0.412. The van der Waals surface area contributed by atoms with Gasteiger partial charge in [-0.25, -0.2) is 13.2 Å². The van der Waals surface area contributed by atoms with Gasteiger partial charge < -0.3 is 15.0 Å². The van der Waals surface area contributed by atoms with Crippen LogP contribution in [-0.4, -0.2) is 19.9 Å². The van der Waals surface area contributed by atoms with Crippen LogP contribution in [0.4, 0.5) is 18.9 Å². The predicted octanol–water partition coefficient (Wildman–Crippen LogP) is 4.99. The molecule has 1 N–H and O–H groups in total. The predicted molar refractivity (Wildman–Crippen MR) is 100 cm³/mol. The second kappa shape index (κ2) is 7.10. The minimum atomic E-state index is -1.47. The highest BCUT2D eigenvalue weighted by atomic mass is 19.2. The Morgan fingerprint density at radius 1 is 1.15 bits per heavy atom. The summed E-state index contributed by atoms with van der Waals surface area (Å²) < 4.78 is 46.8. The molecule has 1 aliphatic heterocycles. The van der Waals surface area contributed by atoms with Gasteiger partial charge in [0.1, 0.15) is 5.75 Å². The monoisotopic (exact) mass is 374 g/mol. The van der Waals surface area contributed by atoms with Crippen LogP contribution in [0, 0.1) is 22.9 Å². The van der Waals surface area contributed by atoms with E-state index in [0.29, 0.717) is 12.3 Å². The highest BCUT2D eigenvalue weighted by molar-refractivity contribution is 5.79. The van der Waals surface area contributed by atoms with Gasteiger partial charge in [-0.3, -0.25) is 0 Å². The molecule has 0 saturated carbocycles. The maximum atomic E-state index is 14.4. The minimum absolute atomic E-state index is 0.0824. The molecule has 0 aromatic heterocycles. The van der Waals surface area contributed by atoms with Crippen molar-refractivity contribution in [3.8, 4) is 5.75 Å². The van der Waals surface area contributed by atoms with Gasteiger partial charge in [0.05, 0.1) is 7.11 Å². The Labute approximate surface area is 156 Å². The third-order valence-corrected chi connectivity index (χ3v) is 5.16. The molecule has 3 nitrogen and oxygen atoms in total. The van der Waals surface area contributed by atoms with Gasteiger partial charge in [-0.1, -0.05) is 6.07 Å². The van der Waals surface area contributed by atoms with Gasteiger partial charge in [-0.15, -0.1) is 0 Å². The molecule has 3 rings (SSSR count). The Kier molecular flexibility index (Phi) is 5.00. The van der Waals surface area contributed by atoms with Crippen molar-refractivity contribution in [2.75, 3.05) is 18.6 Å². The maximum absolute atomic E-state index is 14.4. The topological polar surface area (TPSA) is 36.3 Å². The summed E-state index contributed by atoms with van der Waals surface area (Å²) in [6.07, 6.45) is 2.96. The first-order valence-corrected chi connectivity index (χ1v) is 8.67.